The fourth-order valence-electron chi connectivity index (χ4n) is 5.16. The number of benzene rings is 3. The topological polar surface area (TPSA) is 18.8 Å². The van der Waals surface area contributed by atoms with E-state index < -0.39 is 0 Å². The molecule has 3 aromatic carbocycles. The van der Waals surface area contributed by atoms with Gasteiger partial charge in [-0.2, -0.15) is 0 Å². The van der Waals surface area contributed by atoms with Gasteiger partial charge in [0.1, 0.15) is 0 Å². The van der Waals surface area contributed by atoms with Crippen LogP contribution in [0.1, 0.15) is 33.9 Å². The predicted molar refractivity (Wildman–Crippen MR) is 154 cm³/mol. The lowest BCUT2D eigenvalue weighted by Crippen LogP contribution is -2.40. The second-order valence-corrected chi connectivity index (χ2v) is 11.1. The van der Waals surface area contributed by atoms with Crippen LogP contribution in [0, 0.1) is 13.8 Å². The van der Waals surface area contributed by atoms with Crippen LogP contribution in [0.25, 0.3) is 11.8 Å². The monoisotopic (exact) mass is 509 g/mol. The molecule has 36 heavy (non-hydrogen) atoms. The maximum atomic E-state index is 6.21. The van der Waals surface area contributed by atoms with E-state index >= 15 is 0 Å². The van der Waals surface area contributed by atoms with E-state index in [-0.39, 0.29) is 6.04 Å². The first-order chi connectivity index (χ1) is 17.5. The predicted octanol–water partition coefficient (Wildman–Crippen LogP) is 7.70. The first kappa shape index (κ1) is 23.4. The van der Waals surface area contributed by atoms with Gasteiger partial charge in [-0.3, -0.25) is 4.90 Å². The van der Waals surface area contributed by atoms with Gasteiger partial charge >= 0.3 is 0 Å². The number of aryl methyl sites for hydroxylation is 2. The summed E-state index contributed by atoms with van der Waals surface area (Å²) in [6, 6.07) is 25.9. The Morgan fingerprint density at radius 3 is 2.25 bits per heavy atom. The summed E-state index contributed by atoms with van der Waals surface area (Å²) in [5.41, 5.74) is 11.1. The van der Waals surface area contributed by atoms with E-state index in [9.17, 15) is 0 Å². The number of fused-ring (bicyclic) bond motifs is 1. The molecule has 1 atom stereocenters. The fourth-order valence-corrected chi connectivity index (χ4v) is 6.22. The molecule has 3 aliphatic heterocycles. The molecule has 5 heteroatoms. The number of rotatable bonds is 3. The Labute approximate surface area is 222 Å². The quantitative estimate of drug-likeness (QED) is 0.360. The van der Waals surface area contributed by atoms with Crippen molar-refractivity contribution in [2.24, 2.45) is 4.99 Å². The number of halogens is 1. The lowest BCUT2D eigenvalue weighted by molar-refractivity contribution is 0.344. The number of hydrogen-bond donors (Lipinski definition) is 0. The summed E-state index contributed by atoms with van der Waals surface area (Å²) >= 11 is 7.92. The van der Waals surface area contributed by atoms with Gasteiger partial charge in [0, 0.05) is 23.5 Å². The van der Waals surface area contributed by atoms with Crippen molar-refractivity contribution >= 4 is 40.3 Å². The van der Waals surface area contributed by atoms with Gasteiger partial charge in [0.15, 0.2) is 5.17 Å². The van der Waals surface area contributed by atoms with E-state index in [1.54, 1.807) is 11.8 Å². The van der Waals surface area contributed by atoms with Crippen molar-refractivity contribution in [3.63, 3.8) is 0 Å². The molecule has 0 saturated heterocycles. The summed E-state index contributed by atoms with van der Waals surface area (Å²) in [7, 11) is 2.20. The van der Waals surface area contributed by atoms with Crippen molar-refractivity contribution < 1.29 is 0 Å². The van der Waals surface area contributed by atoms with E-state index in [1.165, 1.54) is 39.1 Å². The van der Waals surface area contributed by atoms with Crippen LogP contribution in [-0.2, 0) is 0 Å². The molecule has 0 aromatic heterocycles. The Kier molecular flexibility index (Phi) is 6.12. The third-order valence-electron chi connectivity index (χ3n) is 6.98. The van der Waals surface area contributed by atoms with Gasteiger partial charge < -0.3 is 4.90 Å². The number of hydrogen-bond acceptors (Lipinski definition) is 4. The van der Waals surface area contributed by atoms with Crippen molar-refractivity contribution in [3.8, 4) is 0 Å². The molecular formula is C31H28ClN3S. The van der Waals surface area contributed by atoms with Crippen molar-refractivity contribution in [1.82, 2.24) is 9.80 Å². The Balaban J connectivity index is 1.50. The minimum atomic E-state index is 0.0780. The third kappa shape index (κ3) is 4.34. The summed E-state index contributed by atoms with van der Waals surface area (Å²) in [5.74, 6) is 0. The molecule has 3 heterocycles. The van der Waals surface area contributed by atoms with Gasteiger partial charge in [0.2, 0.25) is 0 Å². The first-order valence-electron chi connectivity index (χ1n) is 12.2. The summed E-state index contributed by atoms with van der Waals surface area (Å²) in [6.45, 7) is 6.03. The van der Waals surface area contributed by atoms with Crippen molar-refractivity contribution in [3.05, 3.63) is 128 Å². The molecule has 0 amide bonds. The Morgan fingerprint density at radius 2 is 1.56 bits per heavy atom. The molecule has 0 spiro atoms. The smallest absolute Gasteiger partial charge is 0.174 e. The number of likely N-dealkylation sites (N-methyl/N-ethyl adjacent to an activating group) is 1. The average Bonchev–Trinajstić information content (AvgIpc) is 3.29. The van der Waals surface area contributed by atoms with Crippen LogP contribution < -0.4 is 0 Å². The lowest BCUT2D eigenvalue weighted by atomic mass is 9.87. The van der Waals surface area contributed by atoms with Crippen molar-refractivity contribution in [2.45, 2.75) is 19.9 Å². The summed E-state index contributed by atoms with van der Waals surface area (Å²) in [4.78, 5) is 10.1. The zero-order chi connectivity index (χ0) is 24.8. The molecule has 0 N–H and O–H groups in total. The maximum absolute atomic E-state index is 6.21. The molecule has 3 nitrogen and oxygen atoms in total. The molecular weight excluding hydrogens is 482 g/mol. The average molecular weight is 510 g/mol. The molecule has 0 bridgehead atoms. The van der Waals surface area contributed by atoms with E-state index in [4.69, 9.17) is 16.6 Å². The number of aliphatic imine (C=N–C) groups is 1. The minimum absolute atomic E-state index is 0.0780. The summed E-state index contributed by atoms with van der Waals surface area (Å²) in [6.07, 6.45) is 2.31. The van der Waals surface area contributed by atoms with Gasteiger partial charge in [-0.15, -0.1) is 0 Å². The molecule has 0 saturated carbocycles. The molecule has 6 rings (SSSR count). The number of amidine groups is 1. The Bertz CT molecular complexity index is 1430. The number of thioether (sulfide) groups is 1. The molecule has 0 fully saturated rings. The third-order valence-corrected chi connectivity index (χ3v) is 8.07. The van der Waals surface area contributed by atoms with Crippen LogP contribution in [0.15, 0.2) is 100 Å². The summed E-state index contributed by atoms with van der Waals surface area (Å²) < 4.78 is 0. The highest BCUT2D eigenvalue weighted by Crippen LogP contribution is 2.49. The van der Waals surface area contributed by atoms with Crippen LogP contribution in [0.3, 0.4) is 0 Å². The largest absolute Gasteiger partial charge is 0.308 e. The highest BCUT2D eigenvalue weighted by Gasteiger charge is 2.41. The number of nitrogens with zero attached hydrogens (tertiary/aromatic N) is 3. The molecule has 3 aliphatic rings. The Hall–Kier alpha value is -3.05. The van der Waals surface area contributed by atoms with Crippen molar-refractivity contribution in [1.29, 1.82) is 0 Å². The van der Waals surface area contributed by atoms with Crippen LogP contribution in [0.5, 0.6) is 0 Å². The standard InChI is InChI=1S/C31H28ClN3S/c1-20-4-8-22(9-5-20)16-25-17-34(3)18-27-29(25)33-31-35(30(27)24-10-6-21(2)7-11-24)28(19-36-31)23-12-14-26(32)15-13-23/h4-16,19,30H,17-18H2,1-3H3. The van der Waals surface area contributed by atoms with Crippen LogP contribution in [0.2, 0.25) is 5.02 Å². The van der Waals surface area contributed by atoms with Crippen molar-refractivity contribution in [2.75, 3.05) is 20.1 Å². The fraction of sp³-hybridized carbons (Fsp3) is 0.194. The van der Waals surface area contributed by atoms with E-state index in [0.717, 1.165) is 34.5 Å². The van der Waals surface area contributed by atoms with Gasteiger partial charge in [-0.05, 0) is 66.9 Å². The SMILES string of the molecule is Cc1ccc(C=C2CN(C)CC3=C2N=C2SC=C(c4ccc(Cl)cc4)N2C3c2ccc(C)cc2)cc1. The van der Waals surface area contributed by atoms with Gasteiger partial charge in [0.05, 0.1) is 17.4 Å². The molecule has 1 unspecified atom stereocenters. The molecule has 0 aliphatic carbocycles. The van der Waals surface area contributed by atoms with Gasteiger partial charge in [-0.1, -0.05) is 95.2 Å². The van der Waals surface area contributed by atoms with E-state index in [0.29, 0.717) is 0 Å². The molecule has 180 valence electrons. The van der Waals surface area contributed by atoms with Crippen LogP contribution in [-0.4, -0.2) is 35.1 Å². The van der Waals surface area contributed by atoms with Crippen LogP contribution in [0.4, 0.5) is 0 Å². The highest BCUT2D eigenvalue weighted by molar-refractivity contribution is 8.16. The minimum Gasteiger partial charge on any atom is -0.308 e. The second-order valence-electron chi connectivity index (χ2n) is 9.83. The first-order valence-corrected chi connectivity index (χ1v) is 13.5. The highest BCUT2D eigenvalue weighted by atomic mass is 35.5. The van der Waals surface area contributed by atoms with E-state index in [2.05, 4.69) is 103 Å². The molecule has 3 aromatic rings. The van der Waals surface area contributed by atoms with E-state index in [1.807, 2.05) is 12.1 Å². The zero-order valence-corrected chi connectivity index (χ0v) is 22.3. The normalized spacial score (nSPS) is 20.8. The maximum Gasteiger partial charge on any atom is 0.174 e. The zero-order valence-electron chi connectivity index (χ0n) is 20.7. The second kappa shape index (κ2) is 9.44. The summed E-state index contributed by atoms with van der Waals surface area (Å²) in [5, 5.41) is 4.01. The molecule has 0 radical (unpaired) electrons. The van der Waals surface area contributed by atoms with Crippen LogP contribution >= 0.6 is 23.4 Å². The van der Waals surface area contributed by atoms with Gasteiger partial charge in [-0.25, -0.2) is 4.99 Å². The Morgan fingerprint density at radius 1 is 0.889 bits per heavy atom. The lowest BCUT2D eigenvalue weighted by Gasteiger charge is -2.42. The van der Waals surface area contributed by atoms with Gasteiger partial charge in [0.25, 0.3) is 0 Å².